The van der Waals surface area contributed by atoms with Crippen molar-refractivity contribution < 1.29 is 4.74 Å². The van der Waals surface area contributed by atoms with Gasteiger partial charge in [-0.2, -0.15) is 4.98 Å². The minimum atomic E-state index is 0.0334. The van der Waals surface area contributed by atoms with Crippen LogP contribution < -0.4 is 21.1 Å². The van der Waals surface area contributed by atoms with Gasteiger partial charge in [0.2, 0.25) is 5.88 Å². The number of fused-ring (bicyclic) bond motifs is 1. The number of nitrogen functional groups attached to an aromatic ring is 1. The third-order valence-electron chi connectivity index (χ3n) is 5.31. The van der Waals surface area contributed by atoms with Crippen LogP contribution in [0.3, 0.4) is 0 Å². The monoisotopic (exact) mass is 391 g/mol. The topological polar surface area (TPSA) is 85.1 Å². The second kappa shape index (κ2) is 7.19. The molecule has 0 radical (unpaired) electrons. The number of piperidine rings is 1. The first-order valence-electron chi connectivity index (χ1n) is 10.0. The predicted octanol–water partition coefficient (Wildman–Crippen LogP) is 4.73. The normalized spacial score (nSPS) is 18.5. The van der Waals surface area contributed by atoms with Crippen molar-refractivity contribution in [2.45, 2.75) is 57.7 Å². The number of hydrogen-bond acceptors (Lipinski definition) is 6. The van der Waals surface area contributed by atoms with Crippen LogP contribution in [0.4, 0.5) is 11.5 Å². The Morgan fingerprint density at radius 1 is 1.00 bits per heavy atom. The highest BCUT2D eigenvalue weighted by Gasteiger charge is 2.38. The predicted molar refractivity (Wildman–Crippen MR) is 118 cm³/mol. The van der Waals surface area contributed by atoms with Crippen LogP contribution in [0.15, 0.2) is 48.8 Å². The summed E-state index contributed by atoms with van der Waals surface area (Å²) in [4.78, 5) is 8.63. The molecule has 4 N–H and O–H groups in total. The molecule has 0 bridgehead atoms. The van der Waals surface area contributed by atoms with Gasteiger partial charge in [-0.15, -0.1) is 0 Å². The van der Waals surface area contributed by atoms with E-state index in [0.29, 0.717) is 23.1 Å². The van der Waals surface area contributed by atoms with Gasteiger partial charge in [0.25, 0.3) is 0 Å². The van der Waals surface area contributed by atoms with Crippen LogP contribution >= 0.6 is 0 Å². The van der Waals surface area contributed by atoms with Gasteiger partial charge in [0.1, 0.15) is 17.8 Å². The number of ether oxygens (including phenoxy) is 1. The van der Waals surface area contributed by atoms with Gasteiger partial charge in [0.05, 0.1) is 0 Å². The molecule has 1 fully saturated rings. The highest BCUT2D eigenvalue weighted by atomic mass is 16.5. The molecular formula is C23H29N5O. The average Bonchev–Trinajstić information content (AvgIpc) is 2.62. The van der Waals surface area contributed by atoms with Crippen molar-refractivity contribution in [1.29, 1.82) is 0 Å². The third kappa shape index (κ3) is 4.43. The first-order chi connectivity index (χ1) is 13.7. The fourth-order valence-corrected chi connectivity index (χ4v) is 4.54. The van der Waals surface area contributed by atoms with E-state index in [0.717, 1.165) is 23.6 Å². The van der Waals surface area contributed by atoms with E-state index in [1.165, 1.54) is 6.33 Å². The van der Waals surface area contributed by atoms with Crippen LogP contribution in [0.25, 0.3) is 10.8 Å². The van der Waals surface area contributed by atoms with Crippen molar-refractivity contribution in [3.05, 3.63) is 48.8 Å². The van der Waals surface area contributed by atoms with Crippen molar-refractivity contribution in [2.75, 3.05) is 11.1 Å². The van der Waals surface area contributed by atoms with Crippen molar-refractivity contribution >= 4 is 22.3 Å². The molecule has 6 heteroatoms. The fraction of sp³-hybridized carbons (Fsp3) is 0.391. The van der Waals surface area contributed by atoms with Crippen molar-refractivity contribution in [3.8, 4) is 11.6 Å². The molecule has 0 saturated carbocycles. The number of benzene rings is 2. The van der Waals surface area contributed by atoms with Gasteiger partial charge in [-0.05, 0) is 63.4 Å². The number of anilines is 2. The molecule has 2 aromatic carbocycles. The first-order valence-corrected chi connectivity index (χ1v) is 10.0. The maximum Gasteiger partial charge on any atom is 0.248 e. The molecule has 1 aliphatic rings. The highest BCUT2D eigenvalue weighted by molar-refractivity contribution is 5.83. The molecule has 3 aromatic rings. The van der Waals surface area contributed by atoms with Gasteiger partial charge >= 0.3 is 0 Å². The number of aromatic nitrogens is 2. The third-order valence-corrected chi connectivity index (χ3v) is 5.31. The largest absolute Gasteiger partial charge is 0.437 e. The van der Waals surface area contributed by atoms with Gasteiger partial charge < -0.3 is 21.1 Å². The number of nitrogens with two attached hydrogens (primary N) is 1. The molecular weight excluding hydrogens is 362 g/mol. The molecule has 0 unspecified atom stereocenters. The summed E-state index contributed by atoms with van der Waals surface area (Å²) in [6.07, 6.45) is 3.44. The maximum atomic E-state index is 6.37. The van der Waals surface area contributed by atoms with Crippen LogP contribution in [0.1, 0.15) is 40.5 Å². The summed E-state index contributed by atoms with van der Waals surface area (Å²) in [6, 6.07) is 14.4. The summed E-state index contributed by atoms with van der Waals surface area (Å²) >= 11 is 0. The van der Waals surface area contributed by atoms with Gasteiger partial charge in [0, 0.05) is 17.1 Å². The Morgan fingerprint density at radius 3 is 2.41 bits per heavy atom. The zero-order valence-electron chi connectivity index (χ0n) is 17.5. The van der Waals surface area contributed by atoms with Crippen molar-refractivity contribution in [3.63, 3.8) is 0 Å². The van der Waals surface area contributed by atoms with Gasteiger partial charge in [-0.25, -0.2) is 4.98 Å². The standard InChI is InChI=1S/C23H29N5O/c1-22(2)12-17(13-23(3,4)28-22)27-20-19(24)21(26-14-25-20)29-18-10-9-15-7-5-6-8-16(15)11-18/h5-11,14,17,28H,12-13,24H2,1-4H3,(H,25,26,27). The van der Waals surface area contributed by atoms with Gasteiger partial charge in [-0.3, -0.25) is 0 Å². The molecule has 1 aromatic heterocycles. The lowest BCUT2D eigenvalue weighted by atomic mass is 9.79. The summed E-state index contributed by atoms with van der Waals surface area (Å²) in [5.41, 5.74) is 6.86. The Balaban J connectivity index is 1.55. The number of rotatable bonds is 4. The second-order valence-corrected chi connectivity index (χ2v) is 9.19. The van der Waals surface area contributed by atoms with Crippen LogP contribution in [-0.4, -0.2) is 27.1 Å². The van der Waals surface area contributed by atoms with E-state index in [1.54, 1.807) is 0 Å². The van der Waals surface area contributed by atoms with Crippen molar-refractivity contribution in [1.82, 2.24) is 15.3 Å². The molecule has 2 heterocycles. The number of hydrogen-bond donors (Lipinski definition) is 3. The van der Waals surface area contributed by atoms with Gasteiger partial charge in [0.15, 0.2) is 5.82 Å². The van der Waals surface area contributed by atoms with Crippen LogP contribution in [0.2, 0.25) is 0 Å². The molecule has 4 rings (SSSR count). The van der Waals surface area contributed by atoms with Gasteiger partial charge in [-0.1, -0.05) is 30.3 Å². The zero-order chi connectivity index (χ0) is 20.6. The minimum Gasteiger partial charge on any atom is -0.437 e. The molecule has 152 valence electrons. The lowest BCUT2D eigenvalue weighted by Crippen LogP contribution is -2.60. The maximum absolute atomic E-state index is 6.37. The van der Waals surface area contributed by atoms with Crippen LogP contribution in [0.5, 0.6) is 11.6 Å². The molecule has 0 spiro atoms. The zero-order valence-corrected chi connectivity index (χ0v) is 17.5. The Kier molecular flexibility index (Phi) is 4.82. The van der Waals surface area contributed by atoms with Crippen LogP contribution in [-0.2, 0) is 0 Å². The Morgan fingerprint density at radius 2 is 1.69 bits per heavy atom. The van der Waals surface area contributed by atoms with Crippen LogP contribution in [0, 0.1) is 0 Å². The SMILES string of the molecule is CC1(C)CC(Nc2ncnc(Oc3ccc4ccccc4c3)c2N)CC(C)(C)N1. The van der Waals surface area contributed by atoms with Crippen molar-refractivity contribution in [2.24, 2.45) is 0 Å². The summed E-state index contributed by atoms with van der Waals surface area (Å²) in [6.45, 7) is 8.89. The molecule has 1 aliphatic heterocycles. The molecule has 0 amide bonds. The lowest BCUT2D eigenvalue weighted by Gasteiger charge is -2.46. The fourth-order valence-electron chi connectivity index (χ4n) is 4.54. The van der Waals surface area contributed by atoms with E-state index < -0.39 is 0 Å². The van der Waals surface area contributed by atoms with E-state index in [1.807, 2.05) is 30.3 Å². The highest BCUT2D eigenvalue weighted by Crippen LogP contribution is 2.34. The van der Waals surface area contributed by atoms with E-state index >= 15 is 0 Å². The second-order valence-electron chi connectivity index (χ2n) is 9.19. The van der Waals surface area contributed by atoms with E-state index in [-0.39, 0.29) is 17.1 Å². The molecule has 0 atom stereocenters. The summed E-state index contributed by atoms with van der Waals surface area (Å²) in [5, 5.41) is 9.48. The Labute approximate surface area is 171 Å². The smallest absolute Gasteiger partial charge is 0.248 e. The Bertz CT molecular complexity index is 1010. The summed E-state index contributed by atoms with van der Waals surface area (Å²) in [7, 11) is 0. The molecule has 29 heavy (non-hydrogen) atoms. The van der Waals surface area contributed by atoms with E-state index in [9.17, 15) is 0 Å². The number of nitrogens with one attached hydrogen (secondary N) is 2. The molecule has 1 saturated heterocycles. The molecule has 0 aliphatic carbocycles. The van der Waals surface area contributed by atoms with E-state index in [2.05, 4.69) is 60.4 Å². The summed E-state index contributed by atoms with van der Waals surface area (Å²) in [5.74, 6) is 1.68. The lowest BCUT2D eigenvalue weighted by molar-refractivity contribution is 0.170. The minimum absolute atomic E-state index is 0.0334. The number of nitrogens with zero attached hydrogens (tertiary/aromatic N) is 2. The average molecular weight is 392 g/mol. The Hall–Kier alpha value is -2.86. The quantitative estimate of drug-likeness (QED) is 0.596. The first kappa shape index (κ1) is 19.5. The molecule has 6 nitrogen and oxygen atoms in total. The summed E-state index contributed by atoms with van der Waals surface area (Å²) < 4.78 is 6.00. The van der Waals surface area contributed by atoms with E-state index in [4.69, 9.17) is 10.5 Å².